The second kappa shape index (κ2) is 7.29. The number of aliphatic carboxylic acids is 1. The third-order valence-electron chi connectivity index (χ3n) is 3.14. The molecule has 0 aromatic heterocycles. The van der Waals surface area contributed by atoms with Crippen LogP contribution in [-0.4, -0.2) is 17.7 Å². The van der Waals surface area contributed by atoms with E-state index in [1.807, 2.05) is 42.5 Å². The van der Waals surface area contributed by atoms with E-state index in [0.29, 0.717) is 19.4 Å². The third-order valence-corrected chi connectivity index (χ3v) is 3.14. The molecule has 2 rings (SSSR count). The molecule has 2 aromatic rings. The fourth-order valence-corrected chi connectivity index (χ4v) is 1.98. The summed E-state index contributed by atoms with van der Waals surface area (Å²) in [5.41, 5.74) is 2.46. The molecule has 0 saturated carbocycles. The van der Waals surface area contributed by atoms with Crippen molar-refractivity contribution in [2.45, 2.75) is 12.8 Å². The lowest BCUT2D eigenvalue weighted by atomic mass is 10.1. The Labute approximate surface area is 124 Å². The number of hydrogen-bond acceptors (Lipinski definition) is 2. The summed E-state index contributed by atoms with van der Waals surface area (Å²) in [6.45, 7) is 3.97. The number of benzene rings is 2. The van der Waals surface area contributed by atoms with Crippen LogP contribution in [0, 0.1) is 0 Å². The van der Waals surface area contributed by atoms with Gasteiger partial charge in [-0.15, -0.1) is 0 Å². The molecular weight excluding hydrogens is 264 g/mol. The Balaban J connectivity index is 1.90. The van der Waals surface area contributed by atoms with Crippen molar-refractivity contribution >= 4 is 5.97 Å². The fourth-order valence-electron chi connectivity index (χ4n) is 1.98. The summed E-state index contributed by atoms with van der Waals surface area (Å²) in [6, 6.07) is 18.0. The summed E-state index contributed by atoms with van der Waals surface area (Å²) in [4.78, 5) is 10.6. The van der Waals surface area contributed by atoms with Gasteiger partial charge in [0.15, 0.2) is 0 Å². The first-order valence-corrected chi connectivity index (χ1v) is 6.86. The van der Waals surface area contributed by atoms with Gasteiger partial charge in [-0.25, -0.2) is 4.79 Å². The second-order valence-corrected chi connectivity index (χ2v) is 4.75. The van der Waals surface area contributed by atoms with Gasteiger partial charge in [0.2, 0.25) is 0 Å². The number of rotatable bonds is 7. The Morgan fingerprint density at radius 3 is 2.48 bits per heavy atom. The predicted molar refractivity (Wildman–Crippen MR) is 83.4 cm³/mol. The van der Waals surface area contributed by atoms with E-state index in [0.717, 1.165) is 16.9 Å². The maximum absolute atomic E-state index is 10.6. The molecule has 1 N–H and O–H groups in total. The molecule has 0 heterocycles. The van der Waals surface area contributed by atoms with Gasteiger partial charge in [-0.2, -0.15) is 0 Å². The van der Waals surface area contributed by atoms with Crippen LogP contribution in [0.15, 0.2) is 66.7 Å². The van der Waals surface area contributed by atoms with Gasteiger partial charge < -0.3 is 9.84 Å². The molecule has 0 amide bonds. The van der Waals surface area contributed by atoms with Gasteiger partial charge in [-0.1, -0.05) is 49.0 Å². The number of carbonyl (C=O) groups is 1. The zero-order chi connectivity index (χ0) is 15.1. The first-order valence-electron chi connectivity index (χ1n) is 6.86. The van der Waals surface area contributed by atoms with Crippen LogP contribution in [0.1, 0.15) is 12.8 Å². The third kappa shape index (κ3) is 4.49. The molecule has 0 unspecified atom stereocenters. The quantitative estimate of drug-likeness (QED) is 0.613. The molecule has 3 nitrogen and oxygen atoms in total. The van der Waals surface area contributed by atoms with Crippen LogP contribution in [0.2, 0.25) is 0 Å². The molecule has 0 aliphatic rings. The normalized spacial score (nSPS) is 10.1. The molecule has 0 atom stereocenters. The maximum atomic E-state index is 10.6. The Hall–Kier alpha value is -2.55. The highest BCUT2D eigenvalue weighted by molar-refractivity contribution is 5.85. The van der Waals surface area contributed by atoms with E-state index in [2.05, 4.69) is 18.7 Å². The van der Waals surface area contributed by atoms with Crippen LogP contribution < -0.4 is 4.74 Å². The summed E-state index contributed by atoms with van der Waals surface area (Å²) in [5.74, 6) is -0.154. The highest BCUT2D eigenvalue weighted by atomic mass is 16.5. The number of hydrogen-bond donors (Lipinski definition) is 1. The minimum atomic E-state index is -0.943. The zero-order valence-corrected chi connectivity index (χ0v) is 11.8. The summed E-state index contributed by atoms with van der Waals surface area (Å²) in [6.07, 6.45) is 1.08. The second-order valence-electron chi connectivity index (χ2n) is 4.75. The topological polar surface area (TPSA) is 46.5 Å². The summed E-state index contributed by atoms with van der Waals surface area (Å²) in [5, 5.41) is 8.72. The van der Waals surface area contributed by atoms with Crippen LogP contribution >= 0.6 is 0 Å². The Kier molecular flexibility index (Phi) is 5.16. The lowest BCUT2D eigenvalue weighted by Crippen LogP contribution is -2.03. The molecule has 0 spiro atoms. The van der Waals surface area contributed by atoms with Gasteiger partial charge in [-0.05, 0) is 36.1 Å². The minimum absolute atomic E-state index is 0.219. The van der Waals surface area contributed by atoms with Gasteiger partial charge in [0, 0.05) is 5.57 Å². The van der Waals surface area contributed by atoms with Gasteiger partial charge in [0.25, 0.3) is 0 Å². The maximum Gasteiger partial charge on any atom is 0.330 e. The lowest BCUT2D eigenvalue weighted by molar-refractivity contribution is -0.132. The van der Waals surface area contributed by atoms with Crippen molar-refractivity contribution in [3.63, 3.8) is 0 Å². The van der Waals surface area contributed by atoms with E-state index in [1.165, 1.54) is 0 Å². The fraction of sp³-hybridized carbons (Fsp3) is 0.167. The molecule has 0 radical (unpaired) electrons. The molecule has 2 aromatic carbocycles. The molecule has 0 bridgehead atoms. The van der Waals surface area contributed by atoms with Crippen molar-refractivity contribution < 1.29 is 14.6 Å². The van der Waals surface area contributed by atoms with Crippen LogP contribution in [0.3, 0.4) is 0 Å². The van der Waals surface area contributed by atoms with Crippen molar-refractivity contribution in [1.82, 2.24) is 0 Å². The van der Waals surface area contributed by atoms with Crippen molar-refractivity contribution in [3.05, 3.63) is 66.7 Å². The molecule has 0 aliphatic heterocycles. The summed E-state index contributed by atoms with van der Waals surface area (Å²) >= 11 is 0. The number of ether oxygens (including phenoxy) is 1. The molecular formula is C18H18O3. The van der Waals surface area contributed by atoms with Crippen LogP contribution in [-0.2, 0) is 4.79 Å². The van der Waals surface area contributed by atoms with Crippen molar-refractivity contribution in [2.75, 3.05) is 6.61 Å². The Bertz CT molecular complexity index is 617. The van der Waals surface area contributed by atoms with Crippen molar-refractivity contribution in [3.8, 4) is 16.9 Å². The zero-order valence-electron chi connectivity index (χ0n) is 11.8. The SMILES string of the molecule is C=C(CCCOc1cccc(-c2ccccc2)c1)C(=O)O. The molecule has 3 heteroatoms. The highest BCUT2D eigenvalue weighted by Crippen LogP contribution is 2.23. The van der Waals surface area contributed by atoms with E-state index in [1.54, 1.807) is 0 Å². The van der Waals surface area contributed by atoms with Crippen LogP contribution in [0.25, 0.3) is 11.1 Å². The average Bonchev–Trinajstić information content (AvgIpc) is 2.52. The van der Waals surface area contributed by atoms with Gasteiger partial charge in [-0.3, -0.25) is 0 Å². The van der Waals surface area contributed by atoms with Crippen molar-refractivity contribution in [2.24, 2.45) is 0 Å². The molecule has 0 saturated heterocycles. The van der Waals surface area contributed by atoms with Crippen LogP contribution in [0.4, 0.5) is 0 Å². The largest absolute Gasteiger partial charge is 0.494 e. The molecule has 0 fully saturated rings. The standard InChI is InChI=1S/C18H18O3/c1-14(18(19)20)7-6-12-21-17-11-5-10-16(13-17)15-8-3-2-4-9-15/h2-5,8-11,13H,1,6-7,12H2,(H,19,20). The Morgan fingerprint density at radius 2 is 1.76 bits per heavy atom. The molecule has 21 heavy (non-hydrogen) atoms. The summed E-state index contributed by atoms with van der Waals surface area (Å²) in [7, 11) is 0. The molecule has 108 valence electrons. The monoisotopic (exact) mass is 282 g/mol. The van der Waals surface area contributed by atoms with Crippen molar-refractivity contribution in [1.29, 1.82) is 0 Å². The van der Waals surface area contributed by atoms with E-state index >= 15 is 0 Å². The minimum Gasteiger partial charge on any atom is -0.494 e. The first-order chi connectivity index (χ1) is 10.2. The van der Waals surface area contributed by atoms with Crippen LogP contribution in [0.5, 0.6) is 5.75 Å². The predicted octanol–water partition coefficient (Wildman–Crippen LogP) is 4.15. The average molecular weight is 282 g/mol. The molecule has 0 aliphatic carbocycles. The number of carboxylic acids is 1. The van der Waals surface area contributed by atoms with E-state index in [-0.39, 0.29) is 5.57 Å². The first kappa shape index (κ1) is 14.9. The lowest BCUT2D eigenvalue weighted by Gasteiger charge is -2.08. The van der Waals surface area contributed by atoms with E-state index < -0.39 is 5.97 Å². The van der Waals surface area contributed by atoms with E-state index in [4.69, 9.17) is 9.84 Å². The van der Waals surface area contributed by atoms with Gasteiger partial charge in [0.1, 0.15) is 5.75 Å². The highest BCUT2D eigenvalue weighted by Gasteiger charge is 2.04. The van der Waals surface area contributed by atoms with Gasteiger partial charge >= 0.3 is 5.97 Å². The van der Waals surface area contributed by atoms with E-state index in [9.17, 15) is 4.79 Å². The Morgan fingerprint density at radius 1 is 1.05 bits per heavy atom. The number of carboxylic acid groups (broad SMARTS) is 1. The summed E-state index contributed by atoms with van der Waals surface area (Å²) < 4.78 is 5.66. The smallest absolute Gasteiger partial charge is 0.330 e. The van der Waals surface area contributed by atoms with Gasteiger partial charge in [0.05, 0.1) is 6.61 Å².